The molecule has 0 aliphatic rings. The van der Waals surface area contributed by atoms with Crippen molar-refractivity contribution in [2.24, 2.45) is 0 Å². The van der Waals surface area contributed by atoms with Gasteiger partial charge in [-0.25, -0.2) is 0 Å². The van der Waals surface area contributed by atoms with Gasteiger partial charge in [-0.1, -0.05) is 70.8 Å². The van der Waals surface area contributed by atoms with Crippen LogP contribution in [0.4, 0.5) is 6.01 Å². The smallest absolute Gasteiger partial charge is 0.322 e. The number of hydrogen-bond donors (Lipinski definition) is 1. The van der Waals surface area contributed by atoms with Crippen molar-refractivity contribution in [2.45, 2.75) is 0 Å². The number of rotatable bonds is 4. The Morgan fingerprint density at radius 2 is 1.67 bits per heavy atom. The molecule has 4 aromatic rings. The second-order valence-electron chi connectivity index (χ2n) is 5.55. The molecule has 5 nitrogen and oxygen atoms in total. The SMILES string of the molecule is O=C(Nc1nnc(-c2cc(Cl)sc2Cl)o1)c1ccc(-c2ccccc2)cc1. The van der Waals surface area contributed by atoms with Crippen LogP contribution in [0.1, 0.15) is 10.4 Å². The van der Waals surface area contributed by atoms with E-state index in [9.17, 15) is 4.79 Å². The number of hydrogen-bond acceptors (Lipinski definition) is 5. The van der Waals surface area contributed by atoms with Gasteiger partial charge < -0.3 is 4.42 Å². The van der Waals surface area contributed by atoms with Crippen molar-refractivity contribution in [1.29, 1.82) is 0 Å². The van der Waals surface area contributed by atoms with Crippen LogP contribution in [-0.2, 0) is 0 Å². The maximum Gasteiger partial charge on any atom is 0.322 e. The lowest BCUT2D eigenvalue weighted by Crippen LogP contribution is -2.11. The van der Waals surface area contributed by atoms with Gasteiger partial charge in [-0.3, -0.25) is 10.1 Å². The van der Waals surface area contributed by atoms with Gasteiger partial charge in [-0.2, -0.15) is 0 Å². The summed E-state index contributed by atoms with van der Waals surface area (Å²) < 4.78 is 6.41. The molecule has 8 heteroatoms. The summed E-state index contributed by atoms with van der Waals surface area (Å²) in [7, 11) is 0. The minimum Gasteiger partial charge on any atom is -0.403 e. The van der Waals surface area contributed by atoms with E-state index in [1.807, 2.05) is 42.5 Å². The molecule has 0 atom stereocenters. The molecule has 4 rings (SSSR count). The first-order valence-electron chi connectivity index (χ1n) is 7.86. The van der Waals surface area contributed by atoms with Crippen molar-refractivity contribution in [2.75, 3.05) is 5.32 Å². The molecule has 134 valence electrons. The highest BCUT2D eigenvalue weighted by atomic mass is 35.5. The third-order valence-corrected chi connectivity index (χ3v) is 5.27. The zero-order valence-corrected chi connectivity index (χ0v) is 16.0. The maximum absolute atomic E-state index is 12.4. The van der Waals surface area contributed by atoms with Gasteiger partial charge in [0.2, 0.25) is 0 Å². The number of amides is 1. The first kappa shape index (κ1) is 17.7. The number of aromatic nitrogens is 2. The number of carbonyl (C=O) groups excluding carboxylic acids is 1. The summed E-state index contributed by atoms with van der Waals surface area (Å²) in [4.78, 5) is 12.4. The number of halogens is 2. The molecule has 0 saturated carbocycles. The molecule has 1 amide bonds. The quantitative estimate of drug-likeness (QED) is 0.442. The molecule has 0 spiro atoms. The topological polar surface area (TPSA) is 68.0 Å². The number of nitrogens with zero attached hydrogens (tertiary/aromatic N) is 2. The van der Waals surface area contributed by atoms with Gasteiger partial charge in [0.05, 0.1) is 9.90 Å². The van der Waals surface area contributed by atoms with E-state index in [1.165, 1.54) is 11.3 Å². The highest BCUT2D eigenvalue weighted by Gasteiger charge is 2.17. The van der Waals surface area contributed by atoms with Crippen molar-refractivity contribution in [1.82, 2.24) is 10.2 Å². The Hall–Kier alpha value is -2.67. The fraction of sp³-hybridized carbons (Fsp3) is 0. The standard InChI is InChI=1S/C19H11Cl2N3O2S/c20-15-10-14(16(21)27-15)18-23-24-19(26-18)22-17(25)13-8-6-12(7-9-13)11-4-2-1-3-5-11/h1-10H,(H,22,24,25). The van der Waals surface area contributed by atoms with E-state index in [0.29, 0.717) is 19.8 Å². The largest absolute Gasteiger partial charge is 0.403 e. The molecule has 0 unspecified atom stereocenters. The Labute approximate surface area is 168 Å². The van der Waals surface area contributed by atoms with E-state index in [2.05, 4.69) is 15.5 Å². The minimum atomic E-state index is -0.348. The second kappa shape index (κ2) is 7.52. The second-order valence-corrected chi connectivity index (χ2v) is 7.83. The maximum atomic E-state index is 12.4. The van der Waals surface area contributed by atoms with Crippen LogP contribution in [0, 0.1) is 0 Å². The third-order valence-electron chi connectivity index (χ3n) is 3.79. The average Bonchev–Trinajstić information content (AvgIpc) is 3.28. The zero-order chi connectivity index (χ0) is 18.8. The molecule has 0 saturated heterocycles. The number of benzene rings is 2. The van der Waals surface area contributed by atoms with E-state index >= 15 is 0 Å². The van der Waals surface area contributed by atoms with Crippen molar-refractivity contribution < 1.29 is 9.21 Å². The Kier molecular flexibility index (Phi) is 4.94. The highest BCUT2D eigenvalue weighted by molar-refractivity contribution is 7.20. The number of thiophene rings is 1. The third kappa shape index (κ3) is 3.88. The van der Waals surface area contributed by atoms with Gasteiger partial charge in [0.25, 0.3) is 11.8 Å². The van der Waals surface area contributed by atoms with Crippen molar-refractivity contribution >= 4 is 46.5 Å². The summed E-state index contributed by atoms with van der Waals surface area (Å²) in [5, 5.41) is 10.3. The van der Waals surface area contributed by atoms with Crippen LogP contribution in [0.2, 0.25) is 8.67 Å². The molecule has 2 aromatic carbocycles. The van der Waals surface area contributed by atoms with E-state index in [4.69, 9.17) is 27.6 Å². The van der Waals surface area contributed by atoms with Crippen LogP contribution < -0.4 is 5.32 Å². The monoisotopic (exact) mass is 415 g/mol. The predicted octanol–water partition coefficient (Wildman–Crippen LogP) is 6.02. The molecule has 0 aliphatic heterocycles. The Morgan fingerprint density at radius 1 is 0.963 bits per heavy atom. The predicted molar refractivity (Wildman–Crippen MR) is 107 cm³/mol. The summed E-state index contributed by atoms with van der Waals surface area (Å²) in [6.07, 6.45) is 0. The fourth-order valence-corrected chi connectivity index (χ4v) is 3.93. The van der Waals surface area contributed by atoms with Crippen LogP contribution in [0.25, 0.3) is 22.6 Å². The van der Waals surface area contributed by atoms with E-state index in [1.54, 1.807) is 18.2 Å². The minimum absolute atomic E-state index is 0.0134. The summed E-state index contributed by atoms with van der Waals surface area (Å²) in [5.74, 6) is -0.155. The molecule has 2 aromatic heterocycles. The summed E-state index contributed by atoms with van der Waals surface area (Å²) >= 11 is 13.2. The molecule has 1 N–H and O–H groups in total. The van der Waals surface area contributed by atoms with Gasteiger partial charge in [0, 0.05) is 5.56 Å². The van der Waals surface area contributed by atoms with Crippen LogP contribution in [-0.4, -0.2) is 16.1 Å². The number of anilines is 1. The first-order chi connectivity index (χ1) is 13.1. The Bertz CT molecular complexity index is 1090. The van der Waals surface area contributed by atoms with Crippen LogP contribution in [0.15, 0.2) is 65.1 Å². The number of carbonyl (C=O) groups is 1. The Morgan fingerprint density at radius 3 is 2.33 bits per heavy atom. The zero-order valence-electron chi connectivity index (χ0n) is 13.6. The first-order valence-corrected chi connectivity index (χ1v) is 9.43. The van der Waals surface area contributed by atoms with E-state index < -0.39 is 0 Å². The lowest BCUT2D eigenvalue weighted by Gasteiger charge is -2.04. The Balaban J connectivity index is 1.49. The molecule has 0 radical (unpaired) electrons. The van der Waals surface area contributed by atoms with E-state index in [0.717, 1.165) is 11.1 Å². The van der Waals surface area contributed by atoms with Gasteiger partial charge in [-0.05, 0) is 29.3 Å². The fourth-order valence-electron chi connectivity index (χ4n) is 2.48. The molecule has 0 fully saturated rings. The van der Waals surface area contributed by atoms with Crippen LogP contribution >= 0.6 is 34.5 Å². The molecule has 27 heavy (non-hydrogen) atoms. The summed E-state index contributed by atoms with van der Waals surface area (Å²) in [5.41, 5.74) is 3.12. The molecule has 0 aliphatic carbocycles. The average molecular weight is 416 g/mol. The molecule has 2 heterocycles. The highest BCUT2D eigenvalue weighted by Crippen LogP contribution is 2.37. The van der Waals surface area contributed by atoms with Crippen molar-refractivity contribution in [3.05, 3.63) is 74.9 Å². The molecule has 0 bridgehead atoms. The summed E-state index contributed by atoms with van der Waals surface area (Å²) in [6, 6.07) is 18.8. The lowest BCUT2D eigenvalue weighted by molar-refractivity contribution is 0.102. The summed E-state index contributed by atoms with van der Waals surface area (Å²) in [6.45, 7) is 0. The molecular formula is C19H11Cl2N3O2S. The number of nitrogens with one attached hydrogen (secondary N) is 1. The van der Waals surface area contributed by atoms with E-state index in [-0.39, 0.29) is 17.8 Å². The van der Waals surface area contributed by atoms with Gasteiger partial charge >= 0.3 is 6.01 Å². The van der Waals surface area contributed by atoms with Gasteiger partial charge in [0.15, 0.2) is 0 Å². The normalized spacial score (nSPS) is 10.7. The van der Waals surface area contributed by atoms with Crippen LogP contribution in [0.3, 0.4) is 0 Å². The van der Waals surface area contributed by atoms with Gasteiger partial charge in [-0.15, -0.1) is 16.4 Å². The van der Waals surface area contributed by atoms with Gasteiger partial charge in [0.1, 0.15) is 4.34 Å². The van der Waals surface area contributed by atoms with Crippen LogP contribution in [0.5, 0.6) is 0 Å². The van der Waals surface area contributed by atoms with Crippen molar-refractivity contribution in [3.8, 4) is 22.6 Å². The van der Waals surface area contributed by atoms with Crippen molar-refractivity contribution in [3.63, 3.8) is 0 Å². The molecular weight excluding hydrogens is 405 g/mol. The lowest BCUT2D eigenvalue weighted by atomic mass is 10.0.